The normalized spacial score (nSPS) is 12.4. The number of benzene rings is 2. The van der Waals surface area contributed by atoms with Crippen molar-refractivity contribution < 1.29 is 9.50 Å². The molecule has 0 radical (unpaired) electrons. The number of aliphatic hydroxyl groups excluding tert-OH is 1. The Labute approximate surface area is 111 Å². The summed E-state index contributed by atoms with van der Waals surface area (Å²) in [6.45, 7) is 2.01. The minimum Gasteiger partial charge on any atom is -0.388 e. The van der Waals surface area contributed by atoms with Gasteiger partial charge >= 0.3 is 0 Å². The zero-order valence-corrected chi connectivity index (χ0v) is 10.8. The lowest BCUT2D eigenvalue weighted by Gasteiger charge is -2.13. The van der Waals surface area contributed by atoms with Crippen LogP contribution in [-0.2, 0) is 6.42 Å². The summed E-state index contributed by atoms with van der Waals surface area (Å²) >= 11 is 5.92. The Morgan fingerprint density at radius 2 is 1.83 bits per heavy atom. The predicted molar refractivity (Wildman–Crippen MR) is 71.3 cm³/mol. The molecule has 0 amide bonds. The number of hydrogen-bond acceptors (Lipinski definition) is 1. The van der Waals surface area contributed by atoms with E-state index in [1.54, 1.807) is 0 Å². The maximum absolute atomic E-state index is 12.9. The molecule has 0 saturated carbocycles. The van der Waals surface area contributed by atoms with E-state index in [-0.39, 0.29) is 5.02 Å². The van der Waals surface area contributed by atoms with E-state index in [4.69, 9.17) is 11.6 Å². The van der Waals surface area contributed by atoms with Crippen molar-refractivity contribution in [1.82, 2.24) is 0 Å². The molecular formula is C15H14ClFO. The molecule has 0 spiro atoms. The largest absolute Gasteiger partial charge is 0.388 e. The number of aliphatic hydroxyl groups is 1. The van der Waals surface area contributed by atoms with Crippen LogP contribution in [0.3, 0.4) is 0 Å². The molecule has 2 aromatic rings. The molecule has 1 unspecified atom stereocenters. The summed E-state index contributed by atoms with van der Waals surface area (Å²) in [5, 5.41) is 10.4. The molecule has 0 aromatic heterocycles. The smallest absolute Gasteiger partial charge is 0.124 e. The van der Waals surface area contributed by atoms with Gasteiger partial charge in [-0.05, 0) is 30.2 Å². The van der Waals surface area contributed by atoms with E-state index in [0.717, 1.165) is 5.56 Å². The van der Waals surface area contributed by atoms with Crippen LogP contribution in [0.5, 0.6) is 0 Å². The van der Waals surface area contributed by atoms with E-state index in [1.165, 1.54) is 23.8 Å². The quantitative estimate of drug-likeness (QED) is 0.886. The standard InChI is InChI=1S/C15H14ClFO/c1-10-2-4-11(5-3-10)8-15(18)13-7-6-12(17)9-14(13)16/h2-7,9,15,18H,8H2,1H3. The summed E-state index contributed by atoms with van der Waals surface area (Å²) < 4.78 is 12.9. The van der Waals surface area contributed by atoms with Crippen molar-refractivity contribution in [2.45, 2.75) is 19.4 Å². The Balaban J connectivity index is 2.16. The van der Waals surface area contributed by atoms with Crippen molar-refractivity contribution >= 4 is 11.6 Å². The second-order valence-corrected chi connectivity index (χ2v) is 4.78. The molecule has 2 rings (SSSR count). The zero-order chi connectivity index (χ0) is 13.1. The first kappa shape index (κ1) is 13.1. The third-order valence-electron chi connectivity index (χ3n) is 2.87. The van der Waals surface area contributed by atoms with Crippen molar-refractivity contribution in [3.05, 3.63) is 70.0 Å². The second-order valence-electron chi connectivity index (χ2n) is 4.37. The molecular weight excluding hydrogens is 251 g/mol. The lowest BCUT2D eigenvalue weighted by Crippen LogP contribution is -2.03. The Bertz CT molecular complexity index is 537. The van der Waals surface area contributed by atoms with Crippen LogP contribution in [0.2, 0.25) is 5.02 Å². The predicted octanol–water partition coefficient (Wildman–Crippen LogP) is 4.06. The first-order valence-electron chi connectivity index (χ1n) is 5.75. The highest BCUT2D eigenvalue weighted by Crippen LogP contribution is 2.26. The zero-order valence-electron chi connectivity index (χ0n) is 10.0. The Morgan fingerprint density at radius 1 is 1.17 bits per heavy atom. The van der Waals surface area contributed by atoms with E-state index in [0.29, 0.717) is 12.0 Å². The van der Waals surface area contributed by atoms with Crippen molar-refractivity contribution in [1.29, 1.82) is 0 Å². The lowest BCUT2D eigenvalue weighted by molar-refractivity contribution is 0.178. The van der Waals surface area contributed by atoms with Gasteiger partial charge in [0.2, 0.25) is 0 Å². The SMILES string of the molecule is Cc1ccc(CC(O)c2ccc(F)cc2Cl)cc1. The molecule has 0 bridgehead atoms. The molecule has 3 heteroatoms. The topological polar surface area (TPSA) is 20.2 Å². The van der Waals surface area contributed by atoms with Crippen LogP contribution in [0, 0.1) is 12.7 Å². The van der Waals surface area contributed by atoms with E-state index >= 15 is 0 Å². The fraction of sp³-hybridized carbons (Fsp3) is 0.200. The van der Waals surface area contributed by atoms with Gasteiger partial charge in [0.15, 0.2) is 0 Å². The van der Waals surface area contributed by atoms with Gasteiger partial charge in [-0.3, -0.25) is 0 Å². The van der Waals surface area contributed by atoms with Crippen LogP contribution >= 0.6 is 11.6 Å². The van der Waals surface area contributed by atoms with Crippen LogP contribution in [-0.4, -0.2) is 5.11 Å². The Kier molecular flexibility index (Phi) is 4.00. The van der Waals surface area contributed by atoms with Crippen LogP contribution in [0.15, 0.2) is 42.5 Å². The number of rotatable bonds is 3. The maximum Gasteiger partial charge on any atom is 0.124 e. The fourth-order valence-electron chi connectivity index (χ4n) is 1.83. The fourth-order valence-corrected chi connectivity index (χ4v) is 2.12. The molecule has 1 atom stereocenters. The van der Waals surface area contributed by atoms with Crippen molar-refractivity contribution in [2.75, 3.05) is 0 Å². The molecule has 0 saturated heterocycles. The van der Waals surface area contributed by atoms with Crippen molar-refractivity contribution in [3.63, 3.8) is 0 Å². The molecule has 0 aliphatic carbocycles. The molecule has 94 valence electrons. The molecule has 0 aliphatic heterocycles. The van der Waals surface area contributed by atoms with Gasteiger partial charge in [-0.15, -0.1) is 0 Å². The van der Waals surface area contributed by atoms with E-state index in [2.05, 4.69) is 0 Å². The highest BCUT2D eigenvalue weighted by molar-refractivity contribution is 6.31. The van der Waals surface area contributed by atoms with Gasteiger partial charge < -0.3 is 5.11 Å². The van der Waals surface area contributed by atoms with Crippen LogP contribution < -0.4 is 0 Å². The van der Waals surface area contributed by atoms with Crippen molar-refractivity contribution in [3.8, 4) is 0 Å². The third-order valence-corrected chi connectivity index (χ3v) is 3.20. The number of halogens is 2. The number of hydrogen-bond donors (Lipinski definition) is 1. The van der Waals surface area contributed by atoms with Gasteiger partial charge in [-0.25, -0.2) is 4.39 Å². The first-order chi connectivity index (χ1) is 8.56. The van der Waals surface area contributed by atoms with Gasteiger partial charge in [0.1, 0.15) is 5.82 Å². The van der Waals surface area contributed by atoms with Crippen LogP contribution in [0.4, 0.5) is 4.39 Å². The van der Waals surface area contributed by atoms with Gasteiger partial charge in [-0.2, -0.15) is 0 Å². The second kappa shape index (κ2) is 5.51. The monoisotopic (exact) mass is 264 g/mol. The summed E-state index contributed by atoms with van der Waals surface area (Å²) in [6, 6.07) is 12.0. The summed E-state index contributed by atoms with van der Waals surface area (Å²) in [7, 11) is 0. The highest BCUT2D eigenvalue weighted by Gasteiger charge is 2.12. The highest BCUT2D eigenvalue weighted by atomic mass is 35.5. The van der Waals surface area contributed by atoms with Gasteiger partial charge in [0.25, 0.3) is 0 Å². The summed E-state index contributed by atoms with van der Waals surface area (Å²) in [5.74, 6) is -0.397. The number of aryl methyl sites for hydroxylation is 1. The van der Waals surface area contributed by atoms with Crippen molar-refractivity contribution in [2.24, 2.45) is 0 Å². The molecule has 0 heterocycles. The minimum atomic E-state index is -0.721. The Morgan fingerprint density at radius 3 is 2.44 bits per heavy atom. The lowest BCUT2D eigenvalue weighted by atomic mass is 10.0. The van der Waals surface area contributed by atoms with Gasteiger partial charge in [-0.1, -0.05) is 47.5 Å². The van der Waals surface area contributed by atoms with E-state index < -0.39 is 11.9 Å². The van der Waals surface area contributed by atoms with Crippen LogP contribution in [0.25, 0.3) is 0 Å². The molecule has 2 aromatic carbocycles. The maximum atomic E-state index is 12.9. The molecule has 0 fully saturated rings. The molecule has 1 nitrogen and oxygen atoms in total. The van der Waals surface area contributed by atoms with Gasteiger partial charge in [0.05, 0.1) is 6.10 Å². The molecule has 1 N–H and O–H groups in total. The minimum absolute atomic E-state index is 0.259. The summed E-state index contributed by atoms with van der Waals surface area (Å²) in [6.07, 6.45) is -0.258. The molecule has 18 heavy (non-hydrogen) atoms. The summed E-state index contributed by atoms with van der Waals surface area (Å²) in [4.78, 5) is 0. The first-order valence-corrected chi connectivity index (χ1v) is 6.12. The van der Waals surface area contributed by atoms with E-state index in [1.807, 2.05) is 31.2 Å². The third kappa shape index (κ3) is 3.09. The average Bonchev–Trinajstić information content (AvgIpc) is 2.32. The molecule has 0 aliphatic rings. The van der Waals surface area contributed by atoms with Gasteiger partial charge in [0, 0.05) is 11.4 Å². The Hall–Kier alpha value is -1.38. The summed E-state index contributed by atoms with van der Waals surface area (Å²) in [5.41, 5.74) is 2.75. The average molecular weight is 265 g/mol. The van der Waals surface area contributed by atoms with E-state index in [9.17, 15) is 9.50 Å². The van der Waals surface area contributed by atoms with Crippen LogP contribution in [0.1, 0.15) is 22.8 Å².